The highest BCUT2D eigenvalue weighted by Gasteiger charge is 2.23. The predicted molar refractivity (Wildman–Crippen MR) is 123 cm³/mol. The zero-order valence-electron chi connectivity index (χ0n) is 17.8. The second-order valence-corrected chi connectivity index (χ2v) is 8.44. The van der Waals surface area contributed by atoms with Gasteiger partial charge in [-0.05, 0) is 43.5 Å². The molecule has 1 fully saturated rings. The van der Waals surface area contributed by atoms with Crippen LogP contribution in [0.15, 0.2) is 64.2 Å². The summed E-state index contributed by atoms with van der Waals surface area (Å²) in [7, 11) is 1.68. The second-order valence-electron chi connectivity index (χ2n) is 7.49. The van der Waals surface area contributed by atoms with Gasteiger partial charge < -0.3 is 14.1 Å². The highest BCUT2D eigenvalue weighted by Crippen LogP contribution is 2.34. The molecule has 0 unspecified atom stereocenters. The molecule has 5 rings (SSSR count). The Morgan fingerprint density at radius 3 is 2.50 bits per heavy atom. The van der Waals surface area contributed by atoms with Crippen molar-refractivity contribution >= 4 is 17.7 Å². The van der Waals surface area contributed by atoms with E-state index in [1.54, 1.807) is 7.11 Å². The van der Waals surface area contributed by atoms with Crippen LogP contribution in [0.4, 0.5) is 5.95 Å². The van der Waals surface area contributed by atoms with E-state index < -0.39 is 0 Å². The monoisotopic (exact) mass is 448 g/mol. The molecule has 1 aliphatic rings. The predicted octanol–water partition coefficient (Wildman–Crippen LogP) is 4.61. The molecule has 0 bridgehead atoms. The Balaban J connectivity index is 1.44. The summed E-state index contributed by atoms with van der Waals surface area (Å²) >= 11 is 1.52. The van der Waals surface area contributed by atoms with Crippen LogP contribution in [-0.2, 0) is 5.75 Å². The molecule has 0 aliphatic carbocycles. The number of rotatable bonds is 7. The Morgan fingerprint density at radius 1 is 0.906 bits per heavy atom. The molecule has 8 nitrogen and oxygen atoms in total. The summed E-state index contributed by atoms with van der Waals surface area (Å²) < 4.78 is 13.6. The molecular formula is C23H24N6O2S. The summed E-state index contributed by atoms with van der Waals surface area (Å²) in [4.78, 5) is 2.30. The first-order chi connectivity index (χ1) is 15.8. The molecule has 0 saturated carbocycles. The number of piperidine rings is 1. The highest BCUT2D eigenvalue weighted by atomic mass is 32.2. The number of hydrogen-bond donors (Lipinski definition) is 0. The Kier molecular flexibility index (Phi) is 6.06. The minimum absolute atomic E-state index is 0.493. The van der Waals surface area contributed by atoms with Crippen LogP contribution in [0, 0.1) is 0 Å². The zero-order chi connectivity index (χ0) is 21.8. The van der Waals surface area contributed by atoms with Crippen LogP contribution in [0.25, 0.3) is 17.1 Å². The van der Waals surface area contributed by atoms with Crippen molar-refractivity contribution < 1.29 is 9.15 Å². The van der Waals surface area contributed by atoms with E-state index in [2.05, 4.69) is 29.9 Å². The van der Waals surface area contributed by atoms with Gasteiger partial charge in [-0.1, -0.05) is 42.1 Å². The van der Waals surface area contributed by atoms with E-state index in [1.165, 1.54) is 18.2 Å². The summed E-state index contributed by atoms with van der Waals surface area (Å²) in [5.74, 6) is 3.17. The van der Waals surface area contributed by atoms with E-state index in [-0.39, 0.29) is 0 Å². The van der Waals surface area contributed by atoms with Gasteiger partial charge in [0.15, 0.2) is 5.16 Å². The van der Waals surface area contributed by atoms with Crippen LogP contribution in [0.2, 0.25) is 0 Å². The topological polar surface area (TPSA) is 82.1 Å². The minimum atomic E-state index is 0.493. The van der Waals surface area contributed by atoms with Crippen molar-refractivity contribution in [3.8, 4) is 22.9 Å². The van der Waals surface area contributed by atoms with Gasteiger partial charge in [0.2, 0.25) is 17.7 Å². The van der Waals surface area contributed by atoms with Gasteiger partial charge in [-0.25, -0.2) is 0 Å². The lowest BCUT2D eigenvalue weighted by molar-refractivity contribution is 0.412. The molecule has 32 heavy (non-hydrogen) atoms. The van der Waals surface area contributed by atoms with Crippen LogP contribution >= 0.6 is 11.8 Å². The Morgan fingerprint density at radius 2 is 1.69 bits per heavy atom. The maximum absolute atomic E-state index is 5.87. The first-order valence-electron chi connectivity index (χ1n) is 10.7. The number of ether oxygens (including phenoxy) is 1. The zero-order valence-corrected chi connectivity index (χ0v) is 18.7. The van der Waals surface area contributed by atoms with Crippen molar-refractivity contribution in [1.82, 2.24) is 25.0 Å². The third kappa shape index (κ3) is 4.20. The molecule has 0 N–H and O–H groups in total. The van der Waals surface area contributed by atoms with Gasteiger partial charge in [0.25, 0.3) is 0 Å². The smallest absolute Gasteiger partial charge is 0.247 e. The molecule has 0 amide bonds. The number of aromatic nitrogens is 5. The maximum atomic E-state index is 5.87. The SMILES string of the molecule is COc1ccccc1-n1c(SCc2nnc(-c3ccccc3)o2)nnc1N1CCCCC1. The molecule has 1 saturated heterocycles. The highest BCUT2D eigenvalue weighted by molar-refractivity contribution is 7.98. The van der Waals surface area contributed by atoms with Crippen molar-refractivity contribution in [2.24, 2.45) is 0 Å². The number of methoxy groups -OCH3 is 1. The Hall–Kier alpha value is -3.33. The van der Waals surface area contributed by atoms with Gasteiger partial charge in [0.05, 0.1) is 18.6 Å². The molecule has 2 aromatic carbocycles. The van der Waals surface area contributed by atoms with Crippen LogP contribution in [0.5, 0.6) is 5.75 Å². The number of para-hydroxylation sites is 2. The fourth-order valence-electron chi connectivity index (χ4n) is 3.82. The quantitative estimate of drug-likeness (QED) is 0.379. The lowest BCUT2D eigenvalue weighted by Crippen LogP contribution is -2.31. The van der Waals surface area contributed by atoms with Gasteiger partial charge in [0, 0.05) is 18.7 Å². The molecular weight excluding hydrogens is 424 g/mol. The standard InChI is InChI=1S/C23H24N6O2S/c1-30-19-13-7-6-12-18(19)29-22(28-14-8-3-9-15-28)26-27-23(29)32-16-20-24-25-21(31-20)17-10-4-2-5-11-17/h2,4-7,10-13H,3,8-9,14-16H2,1H3. The van der Waals surface area contributed by atoms with Gasteiger partial charge in [-0.2, -0.15) is 0 Å². The molecule has 9 heteroatoms. The lowest BCUT2D eigenvalue weighted by Gasteiger charge is -2.28. The van der Waals surface area contributed by atoms with Crippen molar-refractivity contribution in [3.63, 3.8) is 0 Å². The van der Waals surface area contributed by atoms with E-state index >= 15 is 0 Å². The van der Waals surface area contributed by atoms with Crippen LogP contribution in [0.3, 0.4) is 0 Å². The third-order valence-corrected chi connectivity index (χ3v) is 6.31. The number of benzene rings is 2. The van der Waals surface area contributed by atoms with E-state index in [0.717, 1.165) is 54.0 Å². The Bertz CT molecular complexity index is 1170. The first-order valence-corrected chi connectivity index (χ1v) is 11.7. The molecule has 3 heterocycles. The van der Waals surface area contributed by atoms with Gasteiger partial charge >= 0.3 is 0 Å². The minimum Gasteiger partial charge on any atom is -0.495 e. The van der Waals surface area contributed by atoms with Crippen molar-refractivity contribution in [2.75, 3.05) is 25.1 Å². The first kappa shape index (κ1) is 20.6. The van der Waals surface area contributed by atoms with Crippen molar-refractivity contribution in [2.45, 2.75) is 30.2 Å². The van der Waals surface area contributed by atoms with Gasteiger partial charge in [-0.3, -0.25) is 4.57 Å². The van der Waals surface area contributed by atoms with Crippen molar-refractivity contribution in [1.29, 1.82) is 0 Å². The number of anilines is 1. The molecule has 4 aromatic rings. The average Bonchev–Trinajstić information content (AvgIpc) is 3.51. The van der Waals surface area contributed by atoms with E-state index in [9.17, 15) is 0 Å². The molecule has 2 aromatic heterocycles. The largest absolute Gasteiger partial charge is 0.495 e. The average molecular weight is 449 g/mol. The molecule has 0 radical (unpaired) electrons. The maximum Gasteiger partial charge on any atom is 0.247 e. The summed E-state index contributed by atoms with van der Waals surface area (Å²) in [6.45, 7) is 1.95. The fourth-order valence-corrected chi connectivity index (χ4v) is 4.59. The third-order valence-electron chi connectivity index (χ3n) is 5.39. The lowest BCUT2D eigenvalue weighted by atomic mass is 10.1. The van der Waals surface area contributed by atoms with Gasteiger partial charge in [0.1, 0.15) is 5.75 Å². The van der Waals surface area contributed by atoms with Crippen LogP contribution in [0.1, 0.15) is 25.2 Å². The number of thioether (sulfide) groups is 1. The van der Waals surface area contributed by atoms with E-state index in [1.807, 2.05) is 54.6 Å². The van der Waals surface area contributed by atoms with Gasteiger partial charge in [-0.15, -0.1) is 20.4 Å². The summed E-state index contributed by atoms with van der Waals surface area (Å²) in [6.07, 6.45) is 3.57. The normalized spacial score (nSPS) is 14.0. The van der Waals surface area contributed by atoms with Crippen molar-refractivity contribution in [3.05, 3.63) is 60.5 Å². The fraction of sp³-hybridized carbons (Fsp3) is 0.304. The number of nitrogens with zero attached hydrogens (tertiary/aromatic N) is 6. The van der Waals surface area contributed by atoms with Crippen LogP contribution < -0.4 is 9.64 Å². The molecule has 0 atom stereocenters. The van der Waals surface area contributed by atoms with Crippen LogP contribution in [-0.4, -0.2) is 45.2 Å². The molecule has 1 aliphatic heterocycles. The summed E-state index contributed by atoms with van der Waals surface area (Å²) in [6, 6.07) is 17.7. The molecule has 0 spiro atoms. The summed E-state index contributed by atoms with van der Waals surface area (Å²) in [5, 5.41) is 18.2. The Labute approximate surface area is 190 Å². The van der Waals surface area contributed by atoms with E-state index in [0.29, 0.717) is 17.5 Å². The summed E-state index contributed by atoms with van der Waals surface area (Å²) in [5.41, 5.74) is 1.82. The molecule has 164 valence electrons. The number of hydrogen-bond acceptors (Lipinski definition) is 8. The van der Waals surface area contributed by atoms with E-state index in [4.69, 9.17) is 9.15 Å². The second kappa shape index (κ2) is 9.44.